The van der Waals surface area contributed by atoms with Crippen molar-refractivity contribution in [2.75, 3.05) is 26.6 Å². The zero-order chi connectivity index (χ0) is 20.1. The summed E-state index contributed by atoms with van der Waals surface area (Å²) in [5.74, 6) is 2.74. The molecule has 0 saturated carbocycles. The molecule has 7 nitrogen and oxygen atoms in total. The summed E-state index contributed by atoms with van der Waals surface area (Å²) in [7, 11) is 4.71. The van der Waals surface area contributed by atoms with Crippen LogP contribution in [0.2, 0.25) is 0 Å². The lowest BCUT2D eigenvalue weighted by molar-refractivity contribution is -0.115. The molecule has 0 radical (unpaired) electrons. The van der Waals surface area contributed by atoms with Crippen LogP contribution in [-0.2, 0) is 11.2 Å². The smallest absolute Gasteiger partial charge is 0.230 e. The van der Waals surface area contributed by atoms with Gasteiger partial charge in [0.25, 0.3) is 0 Å². The number of anilines is 1. The molecule has 0 saturated heterocycles. The number of carbonyl (C=O) groups excluding carboxylic acids is 1. The van der Waals surface area contributed by atoms with E-state index in [0.29, 0.717) is 34.5 Å². The van der Waals surface area contributed by atoms with Crippen LogP contribution in [0.3, 0.4) is 0 Å². The Balaban J connectivity index is 1.75. The molecule has 3 rings (SSSR count). The van der Waals surface area contributed by atoms with E-state index in [0.717, 1.165) is 11.3 Å². The van der Waals surface area contributed by atoms with Crippen LogP contribution < -0.4 is 19.5 Å². The van der Waals surface area contributed by atoms with Crippen LogP contribution >= 0.6 is 0 Å². The first-order valence-electron chi connectivity index (χ1n) is 8.66. The number of rotatable bonds is 7. The summed E-state index contributed by atoms with van der Waals surface area (Å²) in [6.07, 6.45) is 0.0753. The summed E-state index contributed by atoms with van der Waals surface area (Å²) in [6, 6.07) is 12.6. The summed E-state index contributed by atoms with van der Waals surface area (Å²) < 4.78 is 21.4. The number of hydrogen-bond acceptors (Lipinski definition) is 6. The summed E-state index contributed by atoms with van der Waals surface area (Å²) in [5, 5.41) is 2.83. The Morgan fingerprint density at radius 1 is 1.00 bits per heavy atom. The molecule has 28 heavy (non-hydrogen) atoms. The Bertz CT molecular complexity index is 963. The van der Waals surface area contributed by atoms with E-state index in [1.807, 2.05) is 24.3 Å². The van der Waals surface area contributed by atoms with E-state index in [4.69, 9.17) is 18.6 Å². The van der Waals surface area contributed by atoms with Gasteiger partial charge in [-0.05, 0) is 43.3 Å². The molecular weight excluding hydrogens is 360 g/mol. The van der Waals surface area contributed by atoms with Gasteiger partial charge in [-0.2, -0.15) is 0 Å². The minimum atomic E-state index is -0.232. The Morgan fingerprint density at radius 3 is 2.32 bits per heavy atom. The lowest BCUT2D eigenvalue weighted by Gasteiger charge is -2.11. The zero-order valence-corrected chi connectivity index (χ0v) is 16.2. The standard InChI is InChI=1S/C21H22N2O5/c1-13-17(23-21(28-13)14-5-7-15(25-2)8-6-14)12-20(24)22-18-11-16(26-3)9-10-19(18)27-4/h5-11H,12H2,1-4H3,(H,22,24). The number of benzene rings is 2. The molecule has 0 bridgehead atoms. The maximum Gasteiger partial charge on any atom is 0.230 e. The summed E-state index contributed by atoms with van der Waals surface area (Å²) >= 11 is 0. The van der Waals surface area contributed by atoms with Crippen LogP contribution in [0, 0.1) is 6.92 Å². The number of hydrogen-bond donors (Lipinski definition) is 1. The van der Waals surface area contributed by atoms with Gasteiger partial charge in [0.15, 0.2) is 0 Å². The number of aryl methyl sites for hydroxylation is 1. The third kappa shape index (κ3) is 4.25. The fraction of sp³-hybridized carbons (Fsp3) is 0.238. The van der Waals surface area contributed by atoms with Gasteiger partial charge >= 0.3 is 0 Å². The number of nitrogens with one attached hydrogen (secondary N) is 1. The molecule has 2 aromatic carbocycles. The minimum absolute atomic E-state index is 0.0753. The fourth-order valence-corrected chi connectivity index (χ4v) is 2.71. The van der Waals surface area contributed by atoms with Crippen molar-refractivity contribution in [1.29, 1.82) is 0 Å². The third-order valence-corrected chi connectivity index (χ3v) is 4.24. The van der Waals surface area contributed by atoms with Gasteiger partial charge in [0.1, 0.15) is 23.0 Å². The Kier molecular flexibility index (Phi) is 5.84. The highest BCUT2D eigenvalue weighted by molar-refractivity contribution is 5.93. The molecule has 0 spiro atoms. The number of carbonyl (C=O) groups is 1. The second kappa shape index (κ2) is 8.47. The monoisotopic (exact) mass is 382 g/mol. The maximum atomic E-state index is 12.5. The summed E-state index contributed by atoms with van der Waals surface area (Å²) in [4.78, 5) is 17.0. The Hall–Kier alpha value is -3.48. The van der Waals surface area contributed by atoms with Crippen molar-refractivity contribution < 1.29 is 23.4 Å². The van der Waals surface area contributed by atoms with Crippen LogP contribution in [0.15, 0.2) is 46.9 Å². The van der Waals surface area contributed by atoms with E-state index >= 15 is 0 Å². The topological polar surface area (TPSA) is 82.8 Å². The maximum absolute atomic E-state index is 12.5. The normalized spacial score (nSPS) is 10.4. The van der Waals surface area contributed by atoms with E-state index in [1.165, 1.54) is 0 Å². The molecular formula is C21H22N2O5. The lowest BCUT2D eigenvalue weighted by atomic mass is 10.2. The molecule has 7 heteroatoms. The number of nitrogens with zero attached hydrogens (tertiary/aromatic N) is 1. The van der Waals surface area contributed by atoms with Gasteiger partial charge < -0.3 is 23.9 Å². The van der Waals surface area contributed by atoms with E-state index < -0.39 is 0 Å². The minimum Gasteiger partial charge on any atom is -0.497 e. The molecule has 1 amide bonds. The van der Waals surface area contributed by atoms with E-state index in [2.05, 4.69) is 10.3 Å². The molecule has 0 aliphatic rings. The van der Waals surface area contributed by atoms with Crippen LogP contribution in [0.5, 0.6) is 17.2 Å². The zero-order valence-electron chi connectivity index (χ0n) is 16.2. The van der Waals surface area contributed by atoms with Crippen molar-refractivity contribution in [3.05, 3.63) is 53.9 Å². The highest BCUT2D eigenvalue weighted by Crippen LogP contribution is 2.29. The molecule has 1 N–H and O–H groups in total. The molecule has 0 aliphatic heterocycles. The number of methoxy groups -OCH3 is 3. The Labute approximate surface area is 163 Å². The van der Waals surface area contributed by atoms with Crippen LogP contribution in [0.25, 0.3) is 11.5 Å². The quantitative estimate of drug-likeness (QED) is 0.668. The van der Waals surface area contributed by atoms with Crippen molar-refractivity contribution >= 4 is 11.6 Å². The van der Waals surface area contributed by atoms with Crippen molar-refractivity contribution in [3.8, 4) is 28.7 Å². The number of ether oxygens (including phenoxy) is 3. The molecule has 0 unspecified atom stereocenters. The second-order valence-electron chi connectivity index (χ2n) is 6.04. The van der Waals surface area contributed by atoms with Crippen LogP contribution in [0.1, 0.15) is 11.5 Å². The van der Waals surface area contributed by atoms with Gasteiger partial charge in [-0.25, -0.2) is 4.98 Å². The molecule has 0 aliphatic carbocycles. The van der Waals surface area contributed by atoms with Gasteiger partial charge in [-0.3, -0.25) is 4.79 Å². The molecule has 0 atom stereocenters. The third-order valence-electron chi connectivity index (χ3n) is 4.24. The van der Waals surface area contributed by atoms with E-state index in [1.54, 1.807) is 46.5 Å². The van der Waals surface area contributed by atoms with Crippen molar-refractivity contribution in [2.45, 2.75) is 13.3 Å². The van der Waals surface area contributed by atoms with Crippen molar-refractivity contribution in [3.63, 3.8) is 0 Å². The van der Waals surface area contributed by atoms with Crippen LogP contribution in [-0.4, -0.2) is 32.2 Å². The first-order valence-corrected chi connectivity index (χ1v) is 8.66. The fourth-order valence-electron chi connectivity index (χ4n) is 2.71. The first-order chi connectivity index (χ1) is 13.5. The predicted molar refractivity (Wildman–Crippen MR) is 105 cm³/mol. The number of oxazole rings is 1. The summed E-state index contributed by atoms with van der Waals surface area (Å²) in [5.41, 5.74) is 1.92. The predicted octanol–water partition coefficient (Wildman–Crippen LogP) is 3.86. The largest absolute Gasteiger partial charge is 0.497 e. The highest BCUT2D eigenvalue weighted by Gasteiger charge is 2.16. The van der Waals surface area contributed by atoms with Crippen molar-refractivity contribution in [2.24, 2.45) is 0 Å². The number of amides is 1. The number of aromatic nitrogens is 1. The lowest BCUT2D eigenvalue weighted by Crippen LogP contribution is -2.15. The van der Waals surface area contributed by atoms with Gasteiger partial charge in [-0.15, -0.1) is 0 Å². The average molecular weight is 382 g/mol. The molecule has 3 aromatic rings. The van der Waals surface area contributed by atoms with Crippen LogP contribution in [0.4, 0.5) is 5.69 Å². The highest BCUT2D eigenvalue weighted by atomic mass is 16.5. The van der Waals surface area contributed by atoms with Crippen molar-refractivity contribution in [1.82, 2.24) is 4.98 Å². The van der Waals surface area contributed by atoms with E-state index in [9.17, 15) is 4.79 Å². The molecule has 0 fully saturated rings. The van der Waals surface area contributed by atoms with Gasteiger partial charge in [-0.1, -0.05) is 0 Å². The Morgan fingerprint density at radius 2 is 1.68 bits per heavy atom. The van der Waals surface area contributed by atoms with Gasteiger partial charge in [0.05, 0.1) is 39.1 Å². The van der Waals surface area contributed by atoms with E-state index in [-0.39, 0.29) is 12.3 Å². The molecule has 146 valence electrons. The van der Waals surface area contributed by atoms with Gasteiger partial charge in [0.2, 0.25) is 11.8 Å². The average Bonchev–Trinajstić information content (AvgIpc) is 3.08. The SMILES string of the molecule is COc1ccc(-c2nc(CC(=O)Nc3cc(OC)ccc3OC)c(C)o2)cc1. The second-order valence-corrected chi connectivity index (χ2v) is 6.04. The first kappa shape index (κ1) is 19.3. The molecule has 1 heterocycles. The summed E-state index contributed by atoms with van der Waals surface area (Å²) in [6.45, 7) is 1.79. The molecule has 1 aromatic heterocycles. The van der Waals surface area contributed by atoms with Gasteiger partial charge in [0, 0.05) is 11.6 Å².